The van der Waals surface area contributed by atoms with Gasteiger partial charge in [0.25, 0.3) is 0 Å². The van der Waals surface area contributed by atoms with Gasteiger partial charge in [0.15, 0.2) is 0 Å². The van der Waals surface area contributed by atoms with E-state index in [1.165, 1.54) is 5.56 Å². The van der Waals surface area contributed by atoms with Crippen LogP contribution in [0.4, 0.5) is 0 Å². The van der Waals surface area contributed by atoms with Crippen molar-refractivity contribution in [1.82, 2.24) is 14.5 Å². The minimum atomic E-state index is -0.246. The normalized spacial score (nSPS) is 12.6. The Labute approximate surface area is 283 Å². The van der Waals surface area contributed by atoms with Crippen LogP contribution in [0.1, 0.15) is 72.1 Å². The van der Waals surface area contributed by atoms with E-state index >= 15 is 0 Å². The van der Waals surface area contributed by atoms with Gasteiger partial charge in [0.05, 0.1) is 22.3 Å². The second kappa shape index (κ2) is 11.4. The molecular weight excluding hydrogens is 590 g/mol. The first-order chi connectivity index (χ1) is 22.7. The van der Waals surface area contributed by atoms with Crippen molar-refractivity contribution < 1.29 is 9.52 Å². The Kier molecular flexibility index (Phi) is 7.50. The molecule has 0 bridgehead atoms. The van der Waals surface area contributed by atoms with Crippen LogP contribution in [-0.2, 0) is 24.3 Å². The van der Waals surface area contributed by atoms with Gasteiger partial charge in [0.1, 0.15) is 22.7 Å². The van der Waals surface area contributed by atoms with Crippen LogP contribution in [0.3, 0.4) is 0 Å². The van der Waals surface area contributed by atoms with Gasteiger partial charge in [-0.2, -0.15) is 0 Å². The SMILES string of the molecule is CC(C)Cc1ccnc(-c2cc(-c3cccc4c3nc(-c3cc(C(C)(C)C)cc(C(C)(C)C)c3O)n4C)c3oc4ccccc4c3c2)c1. The van der Waals surface area contributed by atoms with E-state index in [9.17, 15) is 5.11 Å². The summed E-state index contributed by atoms with van der Waals surface area (Å²) in [6.45, 7) is 17.5. The zero-order valence-electron chi connectivity index (χ0n) is 29.6. The van der Waals surface area contributed by atoms with Gasteiger partial charge >= 0.3 is 0 Å². The zero-order chi connectivity index (χ0) is 34.1. The number of benzene rings is 4. The summed E-state index contributed by atoms with van der Waals surface area (Å²) in [4.78, 5) is 10.2. The van der Waals surface area contributed by atoms with Gasteiger partial charge < -0.3 is 14.1 Å². The van der Waals surface area contributed by atoms with Crippen molar-refractivity contribution in [3.8, 4) is 39.5 Å². The Bertz CT molecular complexity index is 2340. The van der Waals surface area contributed by atoms with Gasteiger partial charge in [0.2, 0.25) is 0 Å². The molecule has 4 aromatic carbocycles. The van der Waals surface area contributed by atoms with E-state index < -0.39 is 0 Å². The summed E-state index contributed by atoms with van der Waals surface area (Å²) in [7, 11) is 2.03. The highest BCUT2D eigenvalue weighted by atomic mass is 16.3. The van der Waals surface area contributed by atoms with E-state index in [4.69, 9.17) is 14.4 Å². The molecule has 48 heavy (non-hydrogen) atoms. The molecule has 5 heteroatoms. The molecule has 0 radical (unpaired) electrons. The summed E-state index contributed by atoms with van der Waals surface area (Å²) in [6, 6.07) is 27.5. The molecule has 0 saturated carbocycles. The number of nitrogens with zero attached hydrogens (tertiary/aromatic N) is 3. The molecule has 244 valence electrons. The second-order valence-corrected chi connectivity index (χ2v) is 15.7. The van der Waals surface area contributed by atoms with Crippen LogP contribution in [0, 0.1) is 5.92 Å². The molecular formula is C43H45N3O2. The van der Waals surface area contributed by atoms with Gasteiger partial charge in [0, 0.05) is 46.3 Å². The van der Waals surface area contributed by atoms with Crippen LogP contribution in [0.2, 0.25) is 0 Å². The van der Waals surface area contributed by atoms with Crippen LogP contribution in [-0.4, -0.2) is 19.6 Å². The summed E-state index contributed by atoms with van der Waals surface area (Å²) >= 11 is 0. The minimum Gasteiger partial charge on any atom is -0.507 e. The summed E-state index contributed by atoms with van der Waals surface area (Å²) in [5.41, 5.74) is 11.2. The highest BCUT2D eigenvalue weighted by Gasteiger charge is 2.28. The predicted molar refractivity (Wildman–Crippen MR) is 200 cm³/mol. The van der Waals surface area contributed by atoms with Crippen molar-refractivity contribution in [2.45, 2.75) is 72.6 Å². The third kappa shape index (κ3) is 5.45. The van der Waals surface area contributed by atoms with E-state index in [1.54, 1.807) is 0 Å². The first kappa shape index (κ1) is 31.7. The average molecular weight is 636 g/mol. The van der Waals surface area contributed by atoms with Crippen LogP contribution in [0.15, 0.2) is 89.5 Å². The van der Waals surface area contributed by atoms with Gasteiger partial charge in [-0.3, -0.25) is 4.98 Å². The molecule has 0 spiro atoms. The summed E-state index contributed by atoms with van der Waals surface area (Å²) in [6.07, 6.45) is 2.91. The average Bonchev–Trinajstić information content (AvgIpc) is 3.57. The molecule has 0 aliphatic carbocycles. The van der Waals surface area contributed by atoms with Gasteiger partial charge in [-0.15, -0.1) is 0 Å². The zero-order valence-corrected chi connectivity index (χ0v) is 29.6. The first-order valence-electron chi connectivity index (χ1n) is 17.0. The van der Waals surface area contributed by atoms with Gasteiger partial charge in [-0.1, -0.05) is 91.8 Å². The van der Waals surface area contributed by atoms with Crippen molar-refractivity contribution in [1.29, 1.82) is 0 Å². The molecule has 5 nitrogen and oxygen atoms in total. The van der Waals surface area contributed by atoms with Crippen LogP contribution in [0.5, 0.6) is 5.75 Å². The molecule has 0 aliphatic rings. The number of aryl methyl sites for hydroxylation is 1. The van der Waals surface area contributed by atoms with E-state index in [2.05, 4.69) is 127 Å². The lowest BCUT2D eigenvalue weighted by molar-refractivity contribution is 0.446. The largest absolute Gasteiger partial charge is 0.507 e. The van der Waals surface area contributed by atoms with E-state index in [0.717, 1.165) is 84.3 Å². The van der Waals surface area contributed by atoms with Gasteiger partial charge in [-0.05, 0) is 76.8 Å². The molecule has 7 rings (SSSR count). The number of furan rings is 1. The molecule has 0 amide bonds. The van der Waals surface area contributed by atoms with Crippen molar-refractivity contribution in [2.24, 2.45) is 13.0 Å². The minimum absolute atomic E-state index is 0.105. The maximum atomic E-state index is 11.8. The number of pyridine rings is 1. The first-order valence-corrected chi connectivity index (χ1v) is 17.0. The quantitative estimate of drug-likeness (QED) is 0.204. The fourth-order valence-corrected chi connectivity index (χ4v) is 6.89. The molecule has 0 aliphatic heterocycles. The number of fused-ring (bicyclic) bond motifs is 4. The highest BCUT2D eigenvalue weighted by Crippen LogP contribution is 2.45. The maximum Gasteiger partial charge on any atom is 0.144 e. The Morgan fingerprint density at radius 3 is 2.29 bits per heavy atom. The standard InChI is InChI=1S/C43H45N3O2/c1-25(2)19-26-17-18-44-35(20-26)27-21-31-29-13-10-11-16-37(29)48-40(31)32(22-27)30-14-12-15-36-38(30)45-41(46(36)9)33-23-28(42(3,4)5)24-34(39(33)47)43(6,7)8/h10-18,20-25,47H,19H2,1-9H3. The molecule has 0 unspecified atom stereocenters. The lowest BCUT2D eigenvalue weighted by Gasteiger charge is -2.27. The van der Waals surface area contributed by atoms with E-state index in [0.29, 0.717) is 5.92 Å². The third-order valence-corrected chi connectivity index (χ3v) is 9.47. The lowest BCUT2D eigenvalue weighted by Crippen LogP contribution is -2.17. The molecule has 1 N–H and O–H groups in total. The fourth-order valence-electron chi connectivity index (χ4n) is 6.89. The van der Waals surface area contributed by atoms with E-state index in [1.807, 2.05) is 25.4 Å². The second-order valence-electron chi connectivity index (χ2n) is 15.7. The Hall–Kier alpha value is -4.90. The predicted octanol–water partition coefficient (Wildman–Crippen LogP) is 11.4. The number of aromatic nitrogens is 3. The summed E-state index contributed by atoms with van der Waals surface area (Å²) < 4.78 is 8.71. The number of imidazole rings is 1. The number of phenolic OH excluding ortho intramolecular Hbond substituents is 1. The number of aromatic hydroxyl groups is 1. The van der Waals surface area contributed by atoms with Crippen LogP contribution >= 0.6 is 0 Å². The molecule has 3 heterocycles. The molecule has 0 atom stereocenters. The number of para-hydroxylation sites is 2. The molecule has 3 aromatic heterocycles. The number of hydrogen-bond donors (Lipinski definition) is 1. The number of rotatable bonds is 5. The Morgan fingerprint density at radius 2 is 1.56 bits per heavy atom. The Balaban J connectivity index is 1.50. The lowest BCUT2D eigenvalue weighted by atomic mass is 9.79. The van der Waals surface area contributed by atoms with Crippen molar-refractivity contribution >= 4 is 33.0 Å². The van der Waals surface area contributed by atoms with Crippen molar-refractivity contribution in [2.75, 3.05) is 0 Å². The molecule has 0 fully saturated rings. The molecule has 7 aromatic rings. The smallest absolute Gasteiger partial charge is 0.144 e. The maximum absolute atomic E-state index is 11.8. The summed E-state index contributed by atoms with van der Waals surface area (Å²) in [5, 5.41) is 13.9. The number of hydrogen-bond acceptors (Lipinski definition) is 4. The highest BCUT2D eigenvalue weighted by molar-refractivity contribution is 6.13. The summed E-state index contributed by atoms with van der Waals surface area (Å²) in [5.74, 6) is 1.56. The van der Waals surface area contributed by atoms with E-state index in [-0.39, 0.29) is 16.6 Å². The molecule has 0 saturated heterocycles. The Morgan fingerprint density at radius 1 is 0.792 bits per heavy atom. The third-order valence-electron chi connectivity index (χ3n) is 9.47. The fraction of sp³-hybridized carbons (Fsp3) is 0.302. The number of phenols is 1. The van der Waals surface area contributed by atoms with Crippen molar-refractivity contribution in [3.63, 3.8) is 0 Å². The van der Waals surface area contributed by atoms with Gasteiger partial charge in [-0.25, -0.2) is 4.98 Å². The van der Waals surface area contributed by atoms with Crippen molar-refractivity contribution in [3.05, 3.63) is 102 Å². The van der Waals surface area contributed by atoms with Crippen LogP contribution in [0.25, 0.3) is 66.7 Å². The monoisotopic (exact) mass is 635 g/mol. The van der Waals surface area contributed by atoms with Crippen LogP contribution < -0.4 is 0 Å². The topological polar surface area (TPSA) is 64.1 Å².